The Bertz CT molecular complexity index is 813. The highest BCUT2D eigenvalue weighted by atomic mass is 32.1. The van der Waals surface area contributed by atoms with Crippen LogP contribution in [0.5, 0.6) is 0 Å². The van der Waals surface area contributed by atoms with Crippen molar-refractivity contribution in [3.63, 3.8) is 0 Å². The number of rotatable bonds is 6. The summed E-state index contributed by atoms with van der Waals surface area (Å²) < 4.78 is 28.7. The first-order valence-corrected chi connectivity index (χ1v) is 9.52. The zero-order valence-electron chi connectivity index (χ0n) is 15.4. The normalized spacial score (nSPS) is 15.6. The summed E-state index contributed by atoms with van der Waals surface area (Å²) >= 11 is 4.61. The van der Waals surface area contributed by atoms with Crippen LogP contribution in [0.3, 0.4) is 0 Å². The molecule has 148 valence electrons. The van der Waals surface area contributed by atoms with Gasteiger partial charge in [0, 0.05) is 31.2 Å². The topological polar surface area (TPSA) is 65.7 Å². The number of anilines is 1. The van der Waals surface area contributed by atoms with Gasteiger partial charge in [-0.1, -0.05) is 30.3 Å². The molecular weight excluding hydrogens is 380 g/mol. The van der Waals surface area contributed by atoms with E-state index < -0.39 is 11.6 Å². The summed E-state index contributed by atoms with van der Waals surface area (Å²) in [5.41, 5.74) is 9.05. The molecule has 1 fully saturated rings. The molecule has 8 heteroatoms. The van der Waals surface area contributed by atoms with Gasteiger partial charge in [0.1, 0.15) is 17.3 Å². The van der Waals surface area contributed by atoms with Gasteiger partial charge in [0.25, 0.3) is 0 Å². The third-order valence-electron chi connectivity index (χ3n) is 4.64. The molecule has 0 aromatic heterocycles. The van der Waals surface area contributed by atoms with Crippen LogP contribution in [0.15, 0.2) is 47.6 Å². The van der Waals surface area contributed by atoms with E-state index in [2.05, 4.69) is 45.1 Å². The first-order chi connectivity index (χ1) is 13.5. The van der Waals surface area contributed by atoms with Crippen LogP contribution in [0.2, 0.25) is 0 Å². The quantitative estimate of drug-likeness (QED) is 0.393. The average Bonchev–Trinajstić information content (AvgIpc) is 2.66. The van der Waals surface area contributed by atoms with E-state index in [1.807, 2.05) is 18.2 Å². The fraction of sp³-hybridized carbons (Fsp3) is 0.300. The fourth-order valence-corrected chi connectivity index (χ4v) is 3.31. The van der Waals surface area contributed by atoms with Gasteiger partial charge < -0.3 is 11.1 Å². The Kier molecular flexibility index (Phi) is 6.89. The predicted octanol–water partition coefficient (Wildman–Crippen LogP) is 3.21. The van der Waals surface area contributed by atoms with Gasteiger partial charge in [-0.2, -0.15) is 5.10 Å². The van der Waals surface area contributed by atoms with Crippen molar-refractivity contribution in [2.24, 2.45) is 10.8 Å². The summed E-state index contributed by atoms with van der Waals surface area (Å²) in [6, 6.07) is 12.8. The van der Waals surface area contributed by atoms with E-state index >= 15 is 0 Å². The number of halogens is 2. The van der Waals surface area contributed by atoms with E-state index in [0.717, 1.165) is 32.5 Å². The minimum Gasteiger partial charge on any atom is -0.377 e. The Balaban J connectivity index is 1.56. The van der Waals surface area contributed by atoms with Crippen molar-refractivity contribution >= 4 is 29.2 Å². The molecule has 1 aliphatic rings. The highest BCUT2D eigenvalue weighted by molar-refractivity contribution is 7.80. The van der Waals surface area contributed by atoms with Crippen LogP contribution in [0, 0.1) is 11.6 Å². The Morgan fingerprint density at radius 1 is 1.18 bits per heavy atom. The lowest BCUT2D eigenvalue weighted by molar-refractivity contribution is 0.211. The lowest BCUT2D eigenvalue weighted by Crippen LogP contribution is -2.39. The third-order valence-corrected chi connectivity index (χ3v) is 4.73. The van der Waals surface area contributed by atoms with Crippen molar-refractivity contribution < 1.29 is 8.78 Å². The van der Waals surface area contributed by atoms with Crippen molar-refractivity contribution in [2.45, 2.75) is 25.4 Å². The van der Waals surface area contributed by atoms with E-state index in [9.17, 15) is 8.78 Å². The van der Waals surface area contributed by atoms with Crippen molar-refractivity contribution in [1.82, 2.24) is 10.3 Å². The standard InChI is InChI=1S/C20H23F2N5S/c21-17-10-15(12-24-26-20(23)28)11-18(22)19(17)25-16-6-8-27(9-7-16)13-14-4-2-1-3-5-14/h1-5,10-12,16,25H,6-9,13H2,(H3,23,26,28). The van der Waals surface area contributed by atoms with Crippen molar-refractivity contribution in [3.8, 4) is 0 Å². The number of nitrogens with one attached hydrogen (secondary N) is 2. The van der Waals surface area contributed by atoms with Crippen molar-refractivity contribution in [2.75, 3.05) is 18.4 Å². The van der Waals surface area contributed by atoms with Crippen LogP contribution >= 0.6 is 12.2 Å². The van der Waals surface area contributed by atoms with Gasteiger partial charge in [0.15, 0.2) is 5.11 Å². The molecule has 1 saturated heterocycles. The second kappa shape index (κ2) is 9.57. The lowest BCUT2D eigenvalue weighted by atomic mass is 10.0. The van der Waals surface area contributed by atoms with Crippen LogP contribution in [-0.2, 0) is 6.54 Å². The molecule has 0 aliphatic carbocycles. The predicted molar refractivity (Wildman–Crippen MR) is 112 cm³/mol. The Morgan fingerprint density at radius 2 is 1.82 bits per heavy atom. The van der Waals surface area contributed by atoms with E-state index in [-0.39, 0.29) is 22.4 Å². The number of thiocarbonyl (C=S) groups is 1. The Hall–Kier alpha value is -2.58. The number of nitrogens with two attached hydrogens (primary N) is 1. The molecule has 0 saturated carbocycles. The number of piperidine rings is 1. The van der Waals surface area contributed by atoms with Gasteiger partial charge in [-0.15, -0.1) is 0 Å². The summed E-state index contributed by atoms with van der Waals surface area (Å²) in [7, 11) is 0. The summed E-state index contributed by atoms with van der Waals surface area (Å²) in [6.45, 7) is 2.65. The largest absolute Gasteiger partial charge is 0.377 e. The van der Waals surface area contributed by atoms with Gasteiger partial charge in [-0.3, -0.25) is 10.3 Å². The molecule has 1 heterocycles. The molecule has 0 amide bonds. The SMILES string of the molecule is NC(=S)NN=Cc1cc(F)c(NC2CCN(Cc3ccccc3)CC2)c(F)c1. The Labute approximate surface area is 168 Å². The molecule has 5 nitrogen and oxygen atoms in total. The molecule has 0 unspecified atom stereocenters. The van der Waals surface area contributed by atoms with Gasteiger partial charge >= 0.3 is 0 Å². The number of hydrogen-bond acceptors (Lipinski definition) is 4. The summed E-state index contributed by atoms with van der Waals surface area (Å²) in [5.74, 6) is -1.30. The molecule has 0 bridgehead atoms. The molecule has 2 aromatic rings. The molecule has 1 aliphatic heterocycles. The molecule has 0 spiro atoms. The minimum atomic E-state index is -0.650. The third kappa shape index (κ3) is 5.71. The zero-order chi connectivity index (χ0) is 19.9. The van der Waals surface area contributed by atoms with Gasteiger partial charge in [0.05, 0.1) is 6.21 Å². The Morgan fingerprint density at radius 3 is 2.43 bits per heavy atom. The highest BCUT2D eigenvalue weighted by Crippen LogP contribution is 2.24. The van der Waals surface area contributed by atoms with Crippen LogP contribution < -0.4 is 16.5 Å². The molecule has 3 rings (SSSR count). The number of benzene rings is 2. The molecule has 0 radical (unpaired) electrons. The minimum absolute atomic E-state index is 0.0194. The fourth-order valence-electron chi connectivity index (χ4n) is 3.26. The molecule has 0 atom stereocenters. The van der Waals surface area contributed by atoms with Crippen molar-refractivity contribution in [1.29, 1.82) is 0 Å². The van der Waals surface area contributed by atoms with Gasteiger partial charge in [-0.25, -0.2) is 8.78 Å². The number of hydrazone groups is 1. The maximum atomic E-state index is 14.4. The van der Waals surface area contributed by atoms with Crippen LogP contribution in [0.4, 0.5) is 14.5 Å². The summed E-state index contributed by atoms with van der Waals surface area (Å²) in [4.78, 5) is 2.36. The molecule has 4 N–H and O–H groups in total. The molecular formula is C20H23F2N5S. The second-order valence-corrected chi connectivity index (χ2v) is 7.21. The lowest BCUT2D eigenvalue weighted by Gasteiger charge is -2.33. The van der Waals surface area contributed by atoms with Gasteiger partial charge in [0.2, 0.25) is 0 Å². The molecule has 2 aromatic carbocycles. The first-order valence-electron chi connectivity index (χ1n) is 9.11. The number of hydrogen-bond donors (Lipinski definition) is 3. The maximum absolute atomic E-state index is 14.4. The highest BCUT2D eigenvalue weighted by Gasteiger charge is 2.21. The van der Waals surface area contributed by atoms with E-state index in [0.29, 0.717) is 0 Å². The van der Waals surface area contributed by atoms with Crippen LogP contribution in [0.25, 0.3) is 0 Å². The smallest absolute Gasteiger partial charge is 0.184 e. The molecule has 28 heavy (non-hydrogen) atoms. The maximum Gasteiger partial charge on any atom is 0.184 e. The van der Waals surface area contributed by atoms with Gasteiger partial charge in [-0.05, 0) is 42.8 Å². The second-order valence-electron chi connectivity index (χ2n) is 6.77. The van der Waals surface area contributed by atoms with E-state index in [4.69, 9.17) is 5.73 Å². The summed E-state index contributed by atoms with van der Waals surface area (Å²) in [5, 5.41) is 6.72. The average molecular weight is 404 g/mol. The van der Waals surface area contributed by atoms with E-state index in [1.165, 1.54) is 23.9 Å². The van der Waals surface area contributed by atoms with Crippen LogP contribution in [-0.4, -0.2) is 35.4 Å². The monoisotopic (exact) mass is 403 g/mol. The summed E-state index contributed by atoms with van der Waals surface area (Å²) in [6.07, 6.45) is 2.91. The zero-order valence-corrected chi connectivity index (χ0v) is 16.2. The first kappa shape index (κ1) is 20.2. The van der Waals surface area contributed by atoms with E-state index in [1.54, 1.807) is 0 Å². The number of likely N-dealkylation sites (tertiary alicyclic amines) is 1. The van der Waals surface area contributed by atoms with Crippen LogP contribution in [0.1, 0.15) is 24.0 Å². The number of nitrogens with zero attached hydrogens (tertiary/aromatic N) is 2. The van der Waals surface area contributed by atoms with Crippen molar-refractivity contribution in [3.05, 3.63) is 65.2 Å².